The number of nitriles is 1. The minimum Gasteiger partial charge on any atom is -0.492 e. The second kappa shape index (κ2) is 24.0. The van der Waals surface area contributed by atoms with Crippen LogP contribution in [0.3, 0.4) is 0 Å². The average molecular weight is 1090 g/mol. The Hall–Kier alpha value is -5.88. The lowest BCUT2D eigenvalue weighted by Gasteiger charge is -2.63. The number of benzene rings is 2. The van der Waals surface area contributed by atoms with E-state index in [1.807, 2.05) is 64.1 Å². The van der Waals surface area contributed by atoms with Crippen LogP contribution in [0.4, 0.5) is 5.82 Å². The highest BCUT2D eigenvalue weighted by Crippen LogP contribution is 2.55. The molecule has 4 atom stereocenters. The van der Waals surface area contributed by atoms with E-state index in [4.69, 9.17) is 21.3 Å². The summed E-state index contributed by atoms with van der Waals surface area (Å²) < 4.78 is 6.39. The van der Waals surface area contributed by atoms with Crippen LogP contribution < -0.4 is 25.6 Å². The number of piperazine rings is 2. The summed E-state index contributed by atoms with van der Waals surface area (Å²) in [5, 5.41) is 39.6. The molecular weight excluding hydrogens is 1020 g/mol. The molecule has 2 aromatic carbocycles. The Morgan fingerprint density at radius 2 is 1.52 bits per heavy atom. The highest BCUT2D eigenvalue weighted by atomic mass is 35.5. The molecule has 4 aromatic rings. The van der Waals surface area contributed by atoms with Crippen molar-refractivity contribution in [2.24, 2.45) is 16.2 Å². The molecule has 414 valence electrons. The summed E-state index contributed by atoms with van der Waals surface area (Å²) in [7, 11) is 0. The molecule has 2 aromatic heterocycles. The second-order valence-electron chi connectivity index (χ2n) is 23.5. The van der Waals surface area contributed by atoms with Crippen LogP contribution in [-0.4, -0.2) is 172 Å². The third kappa shape index (κ3) is 13.3. The molecule has 1 aliphatic carbocycles. The Labute approximate surface area is 462 Å². The standard InChI is InChI=1S/C57H76ClN11O7S/c1-36(37-11-13-38(14-12-37)47-51(74)61-35-77-47)62-50(73)44-29-41(70)33-69(44)52(75)48(55(2,3)4)63-46(71)34-67-23-21-65(22-24-67)19-9-10-20-66-25-27-68(28-26-66)45-18-16-40(32-60-45)49(72)64-53-56(5,6)54(57(53,7)8)76-42-17-15-39(31-59)43(58)30-42/h11-18,30,32,35-36,41,44,48,53-54,70,74H,9-10,19-29,33-34H2,1-8H3,(H,62,73)(H,63,71)(H,64,72)/t36-,41+,44?,48?,53?,54?/m0/s1. The van der Waals surface area contributed by atoms with Crippen molar-refractivity contribution in [1.29, 1.82) is 5.26 Å². The van der Waals surface area contributed by atoms with Crippen molar-refractivity contribution in [3.63, 3.8) is 0 Å². The lowest BCUT2D eigenvalue weighted by Crippen LogP contribution is -2.74. The lowest BCUT2D eigenvalue weighted by atomic mass is 9.49. The van der Waals surface area contributed by atoms with Crippen LogP contribution in [0.1, 0.15) is 102 Å². The molecule has 0 bridgehead atoms. The van der Waals surface area contributed by atoms with Crippen molar-refractivity contribution in [3.05, 3.63) is 88.0 Å². The van der Waals surface area contributed by atoms with E-state index in [1.54, 1.807) is 29.9 Å². The van der Waals surface area contributed by atoms with Gasteiger partial charge < -0.3 is 45.6 Å². The number of aliphatic hydroxyl groups is 1. The van der Waals surface area contributed by atoms with E-state index in [1.165, 1.54) is 16.2 Å². The molecule has 4 aliphatic rings. The Balaban J connectivity index is 0.715. The number of likely N-dealkylation sites (tertiary alicyclic amines) is 1. The molecule has 4 amide bonds. The van der Waals surface area contributed by atoms with Crippen LogP contribution >= 0.6 is 22.9 Å². The van der Waals surface area contributed by atoms with E-state index in [2.05, 4.69) is 74.3 Å². The van der Waals surface area contributed by atoms with E-state index in [-0.39, 0.29) is 66.1 Å². The highest BCUT2D eigenvalue weighted by molar-refractivity contribution is 7.13. The van der Waals surface area contributed by atoms with Gasteiger partial charge in [-0.15, -0.1) is 11.3 Å². The smallest absolute Gasteiger partial charge is 0.253 e. The molecular formula is C57H76ClN11O7S. The summed E-state index contributed by atoms with van der Waals surface area (Å²) in [5.74, 6) is 0.228. The molecule has 20 heteroatoms. The third-order valence-corrected chi connectivity index (χ3v) is 17.2. The normalized spacial score (nSPS) is 22.6. The lowest BCUT2D eigenvalue weighted by molar-refractivity contribution is -0.164. The molecule has 1 saturated carbocycles. The fraction of sp³-hybridized carbons (Fsp3) is 0.561. The Kier molecular flexibility index (Phi) is 17.9. The van der Waals surface area contributed by atoms with E-state index in [0.717, 1.165) is 95.2 Å². The van der Waals surface area contributed by atoms with Crippen LogP contribution in [0.5, 0.6) is 11.6 Å². The molecule has 0 spiro atoms. The third-order valence-electron chi connectivity index (χ3n) is 16.0. The predicted molar refractivity (Wildman–Crippen MR) is 298 cm³/mol. The summed E-state index contributed by atoms with van der Waals surface area (Å²) in [4.78, 5) is 75.1. The van der Waals surface area contributed by atoms with Gasteiger partial charge in [-0.05, 0) is 73.7 Å². The number of carbonyl (C=O) groups excluding carboxylic acids is 4. The molecule has 4 fully saturated rings. The van der Waals surface area contributed by atoms with Gasteiger partial charge in [0.1, 0.15) is 35.8 Å². The van der Waals surface area contributed by atoms with Gasteiger partial charge in [0.15, 0.2) is 0 Å². The number of nitrogens with zero attached hydrogens (tertiary/aromatic N) is 8. The van der Waals surface area contributed by atoms with Gasteiger partial charge >= 0.3 is 0 Å². The number of nitrogens with one attached hydrogen (secondary N) is 3. The van der Waals surface area contributed by atoms with Crippen LogP contribution in [0, 0.1) is 27.6 Å². The topological polar surface area (TPSA) is 220 Å². The first-order valence-corrected chi connectivity index (χ1v) is 28.2. The van der Waals surface area contributed by atoms with Crippen molar-refractivity contribution >= 4 is 52.4 Å². The second-order valence-corrected chi connectivity index (χ2v) is 24.7. The van der Waals surface area contributed by atoms with Crippen LogP contribution in [0.2, 0.25) is 5.02 Å². The van der Waals surface area contributed by atoms with Crippen molar-refractivity contribution in [1.82, 2.24) is 45.5 Å². The zero-order valence-corrected chi connectivity index (χ0v) is 47.3. The number of pyridine rings is 1. The van der Waals surface area contributed by atoms with Crippen molar-refractivity contribution in [2.45, 2.75) is 111 Å². The fourth-order valence-corrected chi connectivity index (χ4v) is 12.7. The number of hydrogen-bond acceptors (Lipinski definition) is 15. The number of halogens is 1. The molecule has 3 saturated heterocycles. The van der Waals surface area contributed by atoms with Gasteiger partial charge in [0.25, 0.3) is 5.91 Å². The number of amides is 4. The van der Waals surface area contributed by atoms with Crippen molar-refractivity contribution < 1.29 is 34.1 Å². The number of ether oxygens (including phenoxy) is 1. The molecule has 3 aliphatic heterocycles. The number of aromatic nitrogens is 2. The quantitative estimate of drug-likeness (QED) is 0.0729. The number of thiazole rings is 1. The van der Waals surface area contributed by atoms with Crippen LogP contribution in [-0.2, 0) is 14.4 Å². The number of aliphatic hydroxyl groups excluding tert-OH is 1. The molecule has 2 unspecified atom stereocenters. The zero-order chi connectivity index (χ0) is 55.4. The number of aromatic hydroxyl groups is 1. The van der Waals surface area contributed by atoms with Gasteiger partial charge in [0.05, 0.1) is 45.2 Å². The summed E-state index contributed by atoms with van der Waals surface area (Å²) >= 11 is 7.60. The first-order valence-electron chi connectivity index (χ1n) is 26.9. The highest BCUT2D eigenvalue weighted by Gasteiger charge is 2.64. The average Bonchev–Trinajstić information content (AvgIpc) is 4.04. The fourth-order valence-electron chi connectivity index (χ4n) is 11.8. The van der Waals surface area contributed by atoms with Crippen LogP contribution in [0.15, 0.2) is 66.3 Å². The van der Waals surface area contributed by atoms with E-state index >= 15 is 0 Å². The number of anilines is 1. The molecule has 77 heavy (non-hydrogen) atoms. The molecule has 8 rings (SSSR count). The van der Waals surface area contributed by atoms with Gasteiger partial charge in [0, 0.05) is 94.5 Å². The minimum atomic E-state index is -0.906. The van der Waals surface area contributed by atoms with Gasteiger partial charge in [-0.25, -0.2) is 9.97 Å². The van der Waals surface area contributed by atoms with E-state index in [0.29, 0.717) is 26.8 Å². The van der Waals surface area contributed by atoms with Gasteiger partial charge in [0.2, 0.25) is 23.6 Å². The predicted octanol–water partition coefficient (Wildman–Crippen LogP) is 5.94. The first kappa shape index (κ1) is 57.3. The maximum atomic E-state index is 14.2. The van der Waals surface area contributed by atoms with Gasteiger partial charge in [-0.2, -0.15) is 5.26 Å². The maximum Gasteiger partial charge on any atom is 0.253 e. The van der Waals surface area contributed by atoms with Gasteiger partial charge in [-0.3, -0.25) is 29.0 Å². The van der Waals surface area contributed by atoms with Gasteiger partial charge in [-0.1, -0.05) is 84.3 Å². The monoisotopic (exact) mass is 1090 g/mol. The van der Waals surface area contributed by atoms with Crippen molar-refractivity contribution in [3.8, 4) is 28.1 Å². The molecule has 18 nitrogen and oxygen atoms in total. The van der Waals surface area contributed by atoms with E-state index < -0.39 is 35.6 Å². The summed E-state index contributed by atoms with van der Waals surface area (Å²) in [6.45, 7) is 24.8. The number of hydrogen-bond donors (Lipinski definition) is 5. The molecule has 5 N–H and O–H groups in total. The van der Waals surface area contributed by atoms with Crippen molar-refractivity contribution in [2.75, 3.05) is 83.4 Å². The van der Waals surface area contributed by atoms with E-state index in [9.17, 15) is 34.7 Å². The van der Waals surface area contributed by atoms with Crippen LogP contribution in [0.25, 0.3) is 10.4 Å². The number of carbonyl (C=O) groups is 4. The Morgan fingerprint density at radius 3 is 2.09 bits per heavy atom. The SMILES string of the molecule is C[C@H](NC(=O)C1C[C@@H](O)CN1C(=O)C(NC(=O)CN1CCN(CCCCN2CCN(c3ccc(C(=O)NC4C(C)(C)C(Oc5ccc(C#N)c(Cl)c5)C4(C)C)cn3)CC2)CC1)C(C)(C)C)c1ccc(-c2scnc2O)cc1. The number of unbranched alkanes of at least 4 members (excludes halogenated alkanes) is 1. The molecule has 5 heterocycles. The molecule has 0 radical (unpaired) electrons. The summed E-state index contributed by atoms with van der Waals surface area (Å²) in [5.41, 5.74) is 2.71. The Bertz CT molecular complexity index is 2750. The zero-order valence-electron chi connectivity index (χ0n) is 45.7. The first-order chi connectivity index (χ1) is 36.5. The maximum absolute atomic E-state index is 14.2. The summed E-state index contributed by atoms with van der Waals surface area (Å²) in [6.07, 6.45) is 2.85. The number of rotatable bonds is 18. The number of β-amino-alcohol motifs (C(OH)–C–C–N with tert-alkyl or cyclic N) is 1. The minimum absolute atomic E-state index is 0.00360. The Morgan fingerprint density at radius 1 is 0.883 bits per heavy atom. The largest absolute Gasteiger partial charge is 0.492 e. The summed E-state index contributed by atoms with van der Waals surface area (Å²) in [6, 6.07) is 16.0.